The van der Waals surface area contributed by atoms with Crippen LogP contribution in [0.4, 0.5) is 0 Å². The van der Waals surface area contributed by atoms with Crippen molar-refractivity contribution in [1.82, 2.24) is 5.32 Å². The van der Waals surface area contributed by atoms with Crippen molar-refractivity contribution in [3.63, 3.8) is 0 Å². The summed E-state index contributed by atoms with van der Waals surface area (Å²) in [5, 5.41) is 3.54. The van der Waals surface area contributed by atoms with Gasteiger partial charge in [0.2, 0.25) is 0 Å². The minimum absolute atomic E-state index is 0.0376. The molecule has 2 heterocycles. The van der Waals surface area contributed by atoms with Crippen molar-refractivity contribution >= 4 is 11.9 Å². The van der Waals surface area contributed by atoms with Gasteiger partial charge in [-0.3, -0.25) is 9.59 Å². The molecule has 10 atom stereocenters. The molecule has 0 radical (unpaired) electrons. The molecule has 0 aromatic carbocycles. The molecule has 6 fully saturated rings. The fourth-order valence-corrected chi connectivity index (χ4v) is 9.37. The molecule has 0 aromatic heterocycles. The van der Waals surface area contributed by atoms with Gasteiger partial charge >= 0.3 is 11.9 Å². The summed E-state index contributed by atoms with van der Waals surface area (Å²) in [6.07, 6.45) is 11.1. The Labute approximate surface area is 210 Å². The summed E-state index contributed by atoms with van der Waals surface area (Å²) in [6.45, 7) is 14.7. The highest BCUT2D eigenvalue weighted by atomic mass is 16.6. The number of hydrogen-bond donors (Lipinski definition) is 1. The number of ether oxygens (including phenoxy) is 2. The number of esters is 2. The van der Waals surface area contributed by atoms with Gasteiger partial charge in [0.15, 0.2) is 0 Å². The number of hydrogen-bond acceptors (Lipinski definition) is 5. The van der Waals surface area contributed by atoms with Crippen LogP contribution in [-0.4, -0.2) is 37.2 Å². The summed E-state index contributed by atoms with van der Waals surface area (Å²) in [5.41, 5.74) is 3.19. The molecular weight excluding hydrogens is 438 g/mol. The van der Waals surface area contributed by atoms with Gasteiger partial charge in [-0.2, -0.15) is 0 Å². The molecule has 192 valence electrons. The maximum atomic E-state index is 12.9. The first-order chi connectivity index (χ1) is 16.7. The number of carbonyl (C=O) groups excluding carboxylic acids is 2. The monoisotopic (exact) mass is 481 g/mol. The average molecular weight is 482 g/mol. The standard InChI is InChI=1S/C30H43NO4/c1-17-7-5-9-29(3)13-25-19(11-23(17)29)21(27(32)34-25)15-31-16-22-20-12-24-18(2)8-6-10-30(24,4)14-26(20)35-28(22)33/h19-26,31H,1-2,5-16H2,3-4H3. The fourth-order valence-electron chi connectivity index (χ4n) is 9.37. The van der Waals surface area contributed by atoms with Crippen molar-refractivity contribution < 1.29 is 19.1 Å². The predicted molar refractivity (Wildman–Crippen MR) is 134 cm³/mol. The summed E-state index contributed by atoms with van der Waals surface area (Å²) < 4.78 is 11.9. The Morgan fingerprint density at radius 1 is 0.800 bits per heavy atom. The van der Waals surface area contributed by atoms with Gasteiger partial charge < -0.3 is 14.8 Å². The summed E-state index contributed by atoms with van der Waals surface area (Å²) >= 11 is 0. The number of rotatable bonds is 4. The van der Waals surface area contributed by atoms with E-state index in [0.717, 1.165) is 38.5 Å². The van der Waals surface area contributed by atoms with Crippen molar-refractivity contribution in [3.8, 4) is 0 Å². The summed E-state index contributed by atoms with van der Waals surface area (Å²) in [7, 11) is 0. The van der Waals surface area contributed by atoms with Crippen LogP contribution in [0.1, 0.15) is 78.1 Å². The predicted octanol–water partition coefficient (Wildman–Crippen LogP) is 5.20. The van der Waals surface area contributed by atoms with Crippen LogP contribution in [0.25, 0.3) is 0 Å². The van der Waals surface area contributed by atoms with Crippen molar-refractivity contribution in [1.29, 1.82) is 0 Å². The Morgan fingerprint density at radius 3 is 1.66 bits per heavy atom. The van der Waals surface area contributed by atoms with E-state index in [1.165, 1.54) is 36.8 Å². The smallest absolute Gasteiger partial charge is 0.310 e. The molecule has 5 heteroatoms. The van der Waals surface area contributed by atoms with E-state index < -0.39 is 0 Å². The third kappa shape index (κ3) is 3.83. The van der Waals surface area contributed by atoms with Crippen LogP contribution in [-0.2, 0) is 19.1 Å². The van der Waals surface area contributed by atoms with E-state index in [9.17, 15) is 9.59 Å². The van der Waals surface area contributed by atoms with Crippen LogP contribution in [0.2, 0.25) is 0 Å². The SMILES string of the molecule is C=C1CCCC2(C)CC3OC(=O)C(CNCC4C(=O)OC5CC6(C)CCCC(=C)C6CC54)C3CC12. The quantitative estimate of drug-likeness (QED) is 0.441. The molecule has 0 spiro atoms. The van der Waals surface area contributed by atoms with Crippen LogP contribution < -0.4 is 5.32 Å². The molecule has 5 nitrogen and oxygen atoms in total. The molecule has 2 saturated heterocycles. The minimum atomic E-state index is -0.125. The topological polar surface area (TPSA) is 64.6 Å². The normalized spacial score (nSPS) is 49.0. The highest BCUT2D eigenvalue weighted by Gasteiger charge is 2.56. The second-order valence-corrected chi connectivity index (χ2v) is 13.5. The lowest BCUT2D eigenvalue weighted by Crippen LogP contribution is -2.46. The van der Waals surface area contributed by atoms with Crippen LogP contribution in [0.3, 0.4) is 0 Å². The molecule has 0 aromatic rings. The van der Waals surface area contributed by atoms with Crippen LogP contribution in [0.5, 0.6) is 0 Å². The van der Waals surface area contributed by atoms with Gasteiger partial charge in [0.05, 0.1) is 11.8 Å². The van der Waals surface area contributed by atoms with E-state index >= 15 is 0 Å². The van der Waals surface area contributed by atoms with E-state index in [0.29, 0.717) is 24.9 Å². The van der Waals surface area contributed by atoms with E-state index in [2.05, 4.69) is 32.3 Å². The number of allylic oxidation sites excluding steroid dienone is 2. The maximum Gasteiger partial charge on any atom is 0.310 e. The van der Waals surface area contributed by atoms with Crippen molar-refractivity contribution in [2.75, 3.05) is 13.1 Å². The van der Waals surface area contributed by atoms with Gasteiger partial charge in [0, 0.05) is 24.9 Å². The van der Waals surface area contributed by atoms with Crippen molar-refractivity contribution in [2.45, 2.75) is 90.3 Å². The molecular formula is C30H43NO4. The molecule has 2 aliphatic heterocycles. The van der Waals surface area contributed by atoms with Crippen LogP contribution in [0.15, 0.2) is 24.3 Å². The van der Waals surface area contributed by atoms with Gasteiger partial charge in [0.25, 0.3) is 0 Å². The van der Waals surface area contributed by atoms with Gasteiger partial charge in [-0.25, -0.2) is 0 Å². The van der Waals surface area contributed by atoms with E-state index in [-0.39, 0.29) is 58.6 Å². The number of fused-ring (bicyclic) bond motifs is 4. The molecule has 10 unspecified atom stereocenters. The molecule has 1 N–H and O–H groups in total. The zero-order chi connectivity index (χ0) is 24.5. The molecule has 6 rings (SSSR count). The lowest BCUT2D eigenvalue weighted by Gasteiger charge is -2.50. The zero-order valence-corrected chi connectivity index (χ0v) is 21.7. The molecule has 0 bridgehead atoms. The average Bonchev–Trinajstić information content (AvgIpc) is 3.25. The zero-order valence-electron chi connectivity index (χ0n) is 21.7. The van der Waals surface area contributed by atoms with Crippen molar-refractivity contribution in [2.24, 2.45) is 46.3 Å². The number of nitrogens with one attached hydrogen (secondary N) is 1. The van der Waals surface area contributed by atoms with Crippen molar-refractivity contribution in [3.05, 3.63) is 24.3 Å². The highest BCUT2D eigenvalue weighted by molar-refractivity contribution is 5.76. The van der Waals surface area contributed by atoms with Crippen LogP contribution in [0, 0.1) is 46.3 Å². The molecule has 4 aliphatic carbocycles. The summed E-state index contributed by atoms with van der Waals surface area (Å²) in [5.74, 6) is 1.15. The fraction of sp³-hybridized carbons (Fsp3) is 0.800. The third-order valence-electron chi connectivity index (χ3n) is 11.4. The first-order valence-electron chi connectivity index (χ1n) is 14.2. The Balaban J connectivity index is 1.10. The first kappa shape index (κ1) is 23.8. The molecule has 6 aliphatic rings. The van der Waals surface area contributed by atoms with Gasteiger partial charge in [0.1, 0.15) is 12.2 Å². The Morgan fingerprint density at radius 2 is 1.23 bits per heavy atom. The van der Waals surface area contributed by atoms with Gasteiger partial charge in [-0.15, -0.1) is 0 Å². The molecule has 4 saturated carbocycles. The second kappa shape index (κ2) is 8.46. The van der Waals surface area contributed by atoms with Gasteiger partial charge in [-0.1, -0.05) is 38.2 Å². The molecule has 35 heavy (non-hydrogen) atoms. The minimum Gasteiger partial charge on any atom is -0.462 e. The van der Waals surface area contributed by atoms with Crippen LogP contribution >= 0.6 is 0 Å². The number of carbonyl (C=O) groups is 2. The Bertz CT molecular complexity index is 869. The van der Waals surface area contributed by atoms with E-state index in [4.69, 9.17) is 9.47 Å². The highest BCUT2D eigenvalue weighted by Crippen LogP contribution is 2.58. The lowest BCUT2D eigenvalue weighted by molar-refractivity contribution is -0.146. The second-order valence-electron chi connectivity index (χ2n) is 13.5. The van der Waals surface area contributed by atoms with E-state index in [1.807, 2.05) is 0 Å². The summed E-state index contributed by atoms with van der Waals surface area (Å²) in [6, 6.07) is 0. The summed E-state index contributed by atoms with van der Waals surface area (Å²) in [4.78, 5) is 25.8. The van der Waals surface area contributed by atoms with E-state index in [1.54, 1.807) is 0 Å². The molecule has 0 amide bonds. The first-order valence-corrected chi connectivity index (χ1v) is 14.2. The maximum absolute atomic E-state index is 12.9. The largest absolute Gasteiger partial charge is 0.462 e. The van der Waals surface area contributed by atoms with Gasteiger partial charge in [-0.05, 0) is 86.9 Å². The Kier molecular flexibility index (Phi) is 5.75. The lowest BCUT2D eigenvalue weighted by atomic mass is 9.55. The Hall–Kier alpha value is -1.62. The third-order valence-corrected chi connectivity index (χ3v) is 11.4.